The normalized spacial score (nSPS) is 11.0. The van der Waals surface area contributed by atoms with E-state index in [1.54, 1.807) is 12.1 Å². The summed E-state index contributed by atoms with van der Waals surface area (Å²) in [6.45, 7) is 0. The molecule has 11 heteroatoms. The molecule has 0 atom stereocenters. The number of nitro benzene ring substituents is 1. The quantitative estimate of drug-likeness (QED) is 0.348. The molecule has 0 spiro atoms. The van der Waals surface area contributed by atoms with Crippen molar-refractivity contribution in [2.75, 3.05) is 5.32 Å². The maximum Gasteiger partial charge on any atom is 0.322 e. The zero-order valence-electron chi connectivity index (χ0n) is 12.6. The molecule has 0 saturated carbocycles. The first-order valence-corrected chi connectivity index (χ1v) is 9.51. The van der Waals surface area contributed by atoms with Crippen molar-refractivity contribution in [3.8, 4) is 10.8 Å². The second-order valence-corrected chi connectivity index (χ2v) is 8.61. The number of carbonyl (C=O) groups excluding carboxylic acids is 1. The van der Waals surface area contributed by atoms with Crippen molar-refractivity contribution in [1.29, 1.82) is 0 Å². The fraction of sp³-hybridized carbons (Fsp3) is 0. The summed E-state index contributed by atoms with van der Waals surface area (Å²) in [5.41, 5.74) is -0.0223. The van der Waals surface area contributed by atoms with Gasteiger partial charge in [-0.3, -0.25) is 20.2 Å². The van der Waals surface area contributed by atoms with Gasteiger partial charge in [0.05, 0.1) is 18.5 Å². The van der Waals surface area contributed by atoms with Crippen LogP contribution in [0.4, 0.5) is 11.7 Å². The fourth-order valence-corrected chi connectivity index (χ4v) is 4.46. The average Bonchev–Trinajstić information content (AvgIpc) is 3.32. The predicted octanol–water partition coefficient (Wildman–Crippen LogP) is 4.94. The Bertz CT molecular complexity index is 1150. The van der Waals surface area contributed by atoms with Crippen LogP contribution < -0.4 is 5.32 Å². The van der Waals surface area contributed by atoms with Gasteiger partial charge in [-0.25, -0.2) is 0 Å². The smallest absolute Gasteiger partial charge is 0.322 e. The van der Waals surface area contributed by atoms with E-state index >= 15 is 0 Å². The summed E-state index contributed by atoms with van der Waals surface area (Å²) in [4.78, 5) is 23.9. The minimum Gasteiger partial charge on any atom is -0.402 e. The molecule has 0 radical (unpaired) electrons. The van der Waals surface area contributed by atoms with Crippen LogP contribution >= 0.6 is 38.6 Å². The topological polar surface area (TPSA) is 111 Å². The van der Waals surface area contributed by atoms with Crippen molar-refractivity contribution in [2.24, 2.45) is 0 Å². The van der Waals surface area contributed by atoms with Gasteiger partial charge in [-0.15, -0.1) is 27.8 Å². The molecule has 0 saturated heterocycles. The van der Waals surface area contributed by atoms with Crippen molar-refractivity contribution < 1.29 is 14.1 Å². The second-order valence-electron chi connectivity index (χ2n) is 5.06. The van der Waals surface area contributed by atoms with E-state index in [4.69, 9.17) is 4.42 Å². The van der Waals surface area contributed by atoms with Gasteiger partial charge in [0.15, 0.2) is 0 Å². The van der Waals surface area contributed by atoms with E-state index in [2.05, 4.69) is 31.4 Å². The Hall–Kier alpha value is -2.63. The third kappa shape index (κ3) is 3.23. The number of fused-ring (bicyclic) bond motifs is 1. The molecule has 3 heterocycles. The Balaban J connectivity index is 1.55. The van der Waals surface area contributed by atoms with Gasteiger partial charge in [0.2, 0.25) is 0 Å². The third-order valence-electron chi connectivity index (χ3n) is 3.36. The van der Waals surface area contributed by atoms with E-state index in [1.807, 2.05) is 12.1 Å². The number of aromatic nitrogens is 2. The number of rotatable bonds is 4. The molecule has 0 bridgehead atoms. The van der Waals surface area contributed by atoms with E-state index < -0.39 is 10.8 Å². The number of nitro groups is 1. The molecular formula is C15H7BrN4O4S2. The largest absolute Gasteiger partial charge is 0.402 e. The van der Waals surface area contributed by atoms with Gasteiger partial charge < -0.3 is 4.42 Å². The van der Waals surface area contributed by atoms with E-state index in [0.29, 0.717) is 16.2 Å². The Kier molecular flexibility index (Phi) is 4.26. The van der Waals surface area contributed by atoms with Gasteiger partial charge >= 0.3 is 6.01 Å². The highest BCUT2D eigenvalue weighted by molar-refractivity contribution is 9.11. The number of anilines is 1. The fourth-order valence-electron chi connectivity index (χ4n) is 2.22. The SMILES string of the molecule is O=C(Nc1nnc(-c2ccc(Br)s2)o1)c1cc2cc([N+](=O)[O-])ccc2s1. The predicted molar refractivity (Wildman–Crippen MR) is 102 cm³/mol. The van der Waals surface area contributed by atoms with Crippen molar-refractivity contribution in [3.05, 3.63) is 55.2 Å². The molecule has 4 aromatic rings. The number of thiophene rings is 2. The minimum atomic E-state index is -0.472. The Labute approximate surface area is 161 Å². The van der Waals surface area contributed by atoms with Crippen LogP contribution in [0.3, 0.4) is 0 Å². The summed E-state index contributed by atoms with van der Waals surface area (Å²) >= 11 is 6.01. The number of nitrogens with zero attached hydrogens (tertiary/aromatic N) is 3. The number of hydrogen-bond donors (Lipinski definition) is 1. The van der Waals surface area contributed by atoms with Crippen LogP contribution in [-0.4, -0.2) is 21.0 Å². The van der Waals surface area contributed by atoms with E-state index in [-0.39, 0.29) is 11.7 Å². The first kappa shape index (κ1) is 16.8. The number of halogens is 1. The molecule has 1 amide bonds. The van der Waals surface area contributed by atoms with Crippen LogP contribution in [0.1, 0.15) is 9.67 Å². The maximum atomic E-state index is 12.4. The first-order valence-electron chi connectivity index (χ1n) is 7.08. The minimum absolute atomic E-state index is 0.0158. The van der Waals surface area contributed by atoms with Crippen LogP contribution in [-0.2, 0) is 0 Å². The molecule has 0 aliphatic heterocycles. The highest BCUT2D eigenvalue weighted by atomic mass is 79.9. The summed E-state index contributed by atoms with van der Waals surface area (Å²) < 4.78 is 7.15. The molecule has 0 fully saturated rings. The molecule has 8 nitrogen and oxygen atoms in total. The number of amides is 1. The lowest BCUT2D eigenvalue weighted by Crippen LogP contribution is -2.10. The summed E-state index contributed by atoms with van der Waals surface area (Å²) in [7, 11) is 0. The molecule has 0 unspecified atom stereocenters. The molecule has 130 valence electrons. The molecule has 0 aliphatic rings. The maximum absolute atomic E-state index is 12.4. The van der Waals surface area contributed by atoms with E-state index in [9.17, 15) is 14.9 Å². The zero-order valence-corrected chi connectivity index (χ0v) is 15.9. The average molecular weight is 451 g/mol. The van der Waals surface area contributed by atoms with Crippen molar-refractivity contribution in [1.82, 2.24) is 10.2 Å². The molecular weight excluding hydrogens is 444 g/mol. The monoisotopic (exact) mass is 450 g/mol. The standard InChI is InChI=1S/C15H7BrN4O4S2/c16-12-4-3-10(26-12)14-18-19-15(24-14)17-13(21)11-6-7-5-8(20(22)23)1-2-9(7)25-11/h1-6H,(H,17,19,21). The third-order valence-corrected chi connectivity index (χ3v) is 6.09. The lowest BCUT2D eigenvalue weighted by atomic mass is 10.2. The second kappa shape index (κ2) is 6.59. The van der Waals surface area contributed by atoms with Crippen molar-refractivity contribution >= 4 is 66.3 Å². The number of carbonyl (C=O) groups is 1. The lowest BCUT2D eigenvalue weighted by Gasteiger charge is -1.95. The zero-order chi connectivity index (χ0) is 18.3. The van der Waals surface area contributed by atoms with Crippen LogP contribution in [0.2, 0.25) is 0 Å². The van der Waals surface area contributed by atoms with Crippen LogP contribution in [0.25, 0.3) is 20.9 Å². The van der Waals surface area contributed by atoms with E-state index in [0.717, 1.165) is 13.4 Å². The van der Waals surface area contributed by atoms with Gasteiger partial charge in [0.25, 0.3) is 17.5 Å². The lowest BCUT2D eigenvalue weighted by molar-refractivity contribution is -0.384. The molecule has 26 heavy (non-hydrogen) atoms. The van der Waals surface area contributed by atoms with Crippen molar-refractivity contribution in [3.63, 3.8) is 0 Å². The van der Waals surface area contributed by atoms with Gasteiger partial charge in [-0.05, 0) is 40.2 Å². The summed E-state index contributed by atoms with van der Waals surface area (Å²) in [6, 6.07) is 9.72. The highest BCUT2D eigenvalue weighted by Crippen LogP contribution is 2.32. The molecule has 4 rings (SSSR count). The Morgan fingerprint density at radius 3 is 2.77 bits per heavy atom. The van der Waals surface area contributed by atoms with Gasteiger partial charge in [-0.1, -0.05) is 5.10 Å². The molecule has 1 N–H and O–H groups in total. The summed E-state index contributed by atoms with van der Waals surface area (Å²) in [5, 5.41) is 21.7. The van der Waals surface area contributed by atoms with Gasteiger partial charge in [0.1, 0.15) is 0 Å². The van der Waals surface area contributed by atoms with Gasteiger partial charge in [0, 0.05) is 22.2 Å². The van der Waals surface area contributed by atoms with Crippen LogP contribution in [0.5, 0.6) is 0 Å². The number of benzene rings is 1. The molecule has 3 aromatic heterocycles. The highest BCUT2D eigenvalue weighted by Gasteiger charge is 2.17. The summed E-state index contributed by atoms with van der Waals surface area (Å²) in [5.74, 6) is -0.112. The Morgan fingerprint density at radius 1 is 1.19 bits per heavy atom. The van der Waals surface area contributed by atoms with Gasteiger partial charge in [-0.2, -0.15) is 0 Å². The van der Waals surface area contributed by atoms with E-state index in [1.165, 1.54) is 34.8 Å². The van der Waals surface area contributed by atoms with Crippen LogP contribution in [0, 0.1) is 10.1 Å². The van der Waals surface area contributed by atoms with Crippen LogP contribution in [0.15, 0.2) is 44.6 Å². The molecule has 0 aliphatic carbocycles. The number of non-ortho nitro benzene ring substituents is 1. The first-order chi connectivity index (χ1) is 12.5. The number of hydrogen-bond acceptors (Lipinski definition) is 8. The van der Waals surface area contributed by atoms with Crippen molar-refractivity contribution in [2.45, 2.75) is 0 Å². The number of nitrogens with one attached hydrogen (secondary N) is 1. The summed E-state index contributed by atoms with van der Waals surface area (Å²) in [6.07, 6.45) is 0. The Morgan fingerprint density at radius 2 is 2.04 bits per heavy atom. The molecule has 1 aromatic carbocycles.